The Hall–Kier alpha value is -1.55. The summed E-state index contributed by atoms with van der Waals surface area (Å²) in [7, 11) is 1.63. The summed E-state index contributed by atoms with van der Waals surface area (Å²) in [5.74, 6) is 1.99. The summed E-state index contributed by atoms with van der Waals surface area (Å²) in [6.45, 7) is 4.00. The minimum Gasteiger partial charge on any atom is -0.493 e. The van der Waals surface area contributed by atoms with Crippen molar-refractivity contribution >= 4 is 15.9 Å². The Kier molecular flexibility index (Phi) is 4.43. The van der Waals surface area contributed by atoms with Crippen molar-refractivity contribution in [3.8, 4) is 17.4 Å². The number of aryl methyl sites for hydroxylation is 2. The predicted octanol–water partition coefficient (Wildman–Crippen LogP) is 4.39. The lowest BCUT2D eigenvalue weighted by Gasteiger charge is -2.12. The van der Waals surface area contributed by atoms with Crippen LogP contribution in [0.15, 0.2) is 30.5 Å². The predicted molar refractivity (Wildman–Crippen MR) is 79.4 cm³/mol. The number of ether oxygens (including phenoxy) is 2. The number of methoxy groups -OCH3 is 1. The largest absolute Gasteiger partial charge is 0.493 e. The van der Waals surface area contributed by atoms with Crippen LogP contribution in [-0.4, -0.2) is 12.1 Å². The zero-order valence-corrected chi connectivity index (χ0v) is 12.8. The maximum absolute atomic E-state index is 5.83. The monoisotopic (exact) mass is 321 g/mol. The summed E-state index contributed by atoms with van der Waals surface area (Å²) >= 11 is 3.41. The normalized spacial score (nSPS) is 10.3. The van der Waals surface area contributed by atoms with Gasteiger partial charge in [-0.05, 0) is 43.2 Å². The van der Waals surface area contributed by atoms with Crippen LogP contribution in [0.3, 0.4) is 0 Å². The Morgan fingerprint density at radius 1 is 1.16 bits per heavy atom. The number of hydrogen-bond donors (Lipinski definition) is 0. The molecule has 0 atom stereocenters. The van der Waals surface area contributed by atoms with E-state index in [-0.39, 0.29) is 0 Å². The van der Waals surface area contributed by atoms with Gasteiger partial charge in [0.15, 0.2) is 11.5 Å². The van der Waals surface area contributed by atoms with E-state index >= 15 is 0 Å². The molecular weight excluding hydrogens is 306 g/mol. The van der Waals surface area contributed by atoms with E-state index in [1.54, 1.807) is 13.3 Å². The average Bonchev–Trinajstić information content (AvgIpc) is 2.42. The minimum absolute atomic E-state index is 0.604. The zero-order chi connectivity index (χ0) is 13.8. The number of alkyl halides is 1. The number of rotatable bonds is 4. The van der Waals surface area contributed by atoms with E-state index in [4.69, 9.17) is 9.47 Å². The highest BCUT2D eigenvalue weighted by Gasteiger charge is 2.09. The van der Waals surface area contributed by atoms with Gasteiger partial charge in [-0.3, -0.25) is 0 Å². The molecule has 0 unspecified atom stereocenters. The van der Waals surface area contributed by atoms with Crippen LogP contribution in [-0.2, 0) is 5.33 Å². The quantitative estimate of drug-likeness (QED) is 0.782. The Labute approximate surface area is 121 Å². The molecule has 0 N–H and O–H groups in total. The third-order valence-electron chi connectivity index (χ3n) is 2.77. The van der Waals surface area contributed by atoms with Crippen molar-refractivity contribution in [3.05, 3.63) is 47.2 Å². The molecule has 0 aliphatic heterocycles. The van der Waals surface area contributed by atoms with Crippen molar-refractivity contribution in [2.24, 2.45) is 0 Å². The molecule has 0 fully saturated rings. The fourth-order valence-corrected chi connectivity index (χ4v) is 2.07. The van der Waals surface area contributed by atoms with E-state index in [1.807, 2.05) is 32.0 Å². The van der Waals surface area contributed by atoms with Gasteiger partial charge < -0.3 is 9.47 Å². The van der Waals surface area contributed by atoms with Crippen molar-refractivity contribution in [2.75, 3.05) is 7.11 Å². The summed E-state index contributed by atoms with van der Waals surface area (Å²) in [5.41, 5.74) is 3.25. The molecule has 0 aliphatic carbocycles. The molecule has 0 spiro atoms. The molecule has 4 heteroatoms. The Morgan fingerprint density at radius 2 is 1.95 bits per heavy atom. The summed E-state index contributed by atoms with van der Waals surface area (Å²) in [6, 6.07) is 7.88. The second kappa shape index (κ2) is 6.06. The van der Waals surface area contributed by atoms with E-state index in [9.17, 15) is 0 Å². The van der Waals surface area contributed by atoms with Gasteiger partial charge in [-0.15, -0.1) is 0 Å². The van der Waals surface area contributed by atoms with Crippen molar-refractivity contribution < 1.29 is 9.47 Å². The molecular formula is C15H16BrNO2. The van der Waals surface area contributed by atoms with Gasteiger partial charge >= 0.3 is 0 Å². The highest BCUT2D eigenvalue weighted by Crippen LogP contribution is 2.32. The molecule has 0 aliphatic rings. The lowest BCUT2D eigenvalue weighted by Crippen LogP contribution is -1.95. The van der Waals surface area contributed by atoms with Crippen LogP contribution in [0.5, 0.6) is 17.4 Å². The molecule has 2 aromatic rings. The van der Waals surface area contributed by atoms with Crippen LogP contribution in [0, 0.1) is 13.8 Å². The first-order valence-electron chi connectivity index (χ1n) is 5.98. The Morgan fingerprint density at radius 3 is 2.58 bits per heavy atom. The van der Waals surface area contributed by atoms with Crippen LogP contribution in [0.1, 0.15) is 16.7 Å². The first-order chi connectivity index (χ1) is 9.13. The van der Waals surface area contributed by atoms with Crippen LogP contribution >= 0.6 is 15.9 Å². The van der Waals surface area contributed by atoms with E-state index < -0.39 is 0 Å². The highest BCUT2D eigenvalue weighted by molar-refractivity contribution is 9.08. The first-order valence-corrected chi connectivity index (χ1v) is 7.10. The zero-order valence-electron chi connectivity index (χ0n) is 11.2. The summed E-state index contributed by atoms with van der Waals surface area (Å²) in [5, 5.41) is 0.787. The van der Waals surface area contributed by atoms with Gasteiger partial charge in [0.05, 0.1) is 7.11 Å². The number of benzene rings is 1. The molecule has 0 radical (unpaired) electrons. The number of aromatic nitrogens is 1. The smallest absolute Gasteiger partial charge is 0.222 e. The lowest BCUT2D eigenvalue weighted by atomic mass is 10.2. The van der Waals surface area contributed by atoms with Crippen LogP contribution in [0.2, 0.25) is 0 Å². The third kappa shape index (κ3) is 3.26. The molecule has 19 heavy (non-hydrogen) atoms. The van der Waals surface area contributed by atoms with Crippen molar-refractivity contribution in [3.63, 3.8) is 0 Å². The molecule has 0 saturated heterocycles. The molecule has 0 bridgehead atoms. The van der Waals surface area contributed by atoms with Crippen molar-refractivity contribution in [1.82, 2.24) is 4.98 Å². The fraction of sp³-hybridized carbons (Fsp3) is 0.267. The minimum atomic E-state index is 0.604. The van der Waals surface area contributed by atoms with Crippen molar-refractivity contribution in [1.29, 1.82) is 0 Å². The van der Waals surface area contributed by atoms with E-state index in [2.05, 4.69) is 27.0 Å². The summed E-state index contributed by atoms with van der Waals surface area (Å²) in [4.78, 5) is 4.33. The van der Waals surface area contributed by atoms with E-state index in [1.165, 1.54) is 0 Å². The average molecular weight is 322 g/mol. The third-order valence-corrected chi connectivity index (χ3v) is 3.41. The van der Waals surface area contributed by atoms with E-state index in [0.717, 1.165) is 22.0 Å². The standard InChI is InChI=1S/C15H16BrNO2/c1-10-4-5-13(14(6-10)18-3)19-15-11(2)7-12(8-16)9-17-15/h4-7,9H,8H2,1-3H3. The topological polar surface area (TPSA) is 31.4 Å². The molecule has 0 amide bonds. The van der Waals surface area contributed by atoms with Gasteiger partial charge in [-0.25, -0.2) is 4.98 Å². The van der Waals surface area contributed by atoms with Crippen LogP contribution in [0.4, 0.5) is 0 Å². The van der Waals surface area contributed by atoms with Crippen LogP contribution in [0.25, 0.3) is 0 Å². The maximum atomic E-state index is 5.83. The van der Waals surface area contributed by atoms with Gasteiger partial charge in [0.1, 0.15) is 0 Å². The molecule has 3 nitrogen and oxygen atoms in total. The SMILES string of the molecule is COc1cc(C)ccc1Oc1ncc(CBr)cc1C. The van der Waals surface area contributed by atoms with Crippen LogP contribution < -0.4 is 9.47 Å². The number of pyridine rings is 1. The van der Waals surface area contributed by atoms with Gasteiger partial charge in [0, 0.05) is 17.1 Å². The van der Waals surface area contributed by atoms with Gasteiger partial charge in [0.25, 0.3) is 0 Å². The maximum Gasteiger partial charge on any atom is 0.222 e. The molecule has 0 saturated carbocycles. The van der Waals surface area contributed by atoms with Gasteiger partial charge in [0.2, 0.25) is 5.88 Å². The molecule has 100 valence electrons. The molecule has 1 aromatic carbocycles. The van der Waals surface area contributed by atoms with Crippen molar-refractivity contribution in [2.45, 2.75) is 19.2 Å². The summed E-state index contributed by atoms with van der Waals surface area (Å²) < 4.78 is 11.2. The van der Waals surface area contributed by atoms with E-state index in [0.29, 0.717) is 17.4 Å². The van der Waals surface area contributed by atoms with Gasteiger partial charge in [-0.1, -0.05) is 22.0 Å². The second-order valence-corrected chi connectivity index (χ2v) is 4.92. The summed E-state index contributed by atoms with van der Waals surface area (Å²) in [6.07, 6.45) is 1.80. The molecule has 2 rings (SSSR count). The first kappa shape index (κ1) is 13.9. The number of halogens is 1. The number of hydrogen-bond acceptors (Lipinski definition) is 3. The molecule has 1 heterocycles. The highest BCUT2D eigenvalue weighted by atomic mass is 79.9. The molecule has 1 aromatic heterocycles. The number of nitrogens with zero attached hydrogens (tertiary/aromatic N) is 1. The van der Waals surface area contributed by atoms with Gasteiger partial charge in [-0.2, -0.15) is 0 Å². The lowest BCUT2D eigenvalue weighted by molar-refractivity contribution is 0.373. The Balaban J connectivity index is 2.31. The second-order valence-electron chi connectivity index (χ2n) is 4.36. The fourth-order valence-electron chi connectivity index (χ4n) is 1.76. The Bertz CT molecular complexity index is 584.